The summed E-state index contributed by atoms with van der Waals surface area (Å²) in [6, 6.07) is 0.293. The molecule has 1 N–H and O–H groups in total. The number of anilines is 1. The second-order valence-electron chi connectivity index (χ2n) is 5.62. The summed E-state index contributed by atoms with van der Waals surface area (Å²) >= 11 is 0. The third-order valence-electron chi connectivity index (χ3n) is 3.35. The van der Waals surface area contributed by atoms with Crippen molar-refractivity contribution in [3.63, 3.8) is 0 Å². The topological polar surface area (TPSA) is 73.0 Å². The number of unbranched alkanes of at least 4 members (excludes halogenated alkanes) is 2. The molecule has 114 valence electrons. The Kier molecular flexibility index (Phi) is 5.98. The molecule has 1 heterocycles. The Morgan fingerprint density at radius 3 is 2.50 bits per heavy atom. The molecule has 0 aromatic carbocycles. The van der Waals surface area contributed by atoms with Gasteiger partial charge in [0.05, 0.1) is 4.92 Å². The van der Waals surface area contributed by atoms with Crippen LogP contribution in [0, 0.1) is 17.0 Å². The molecule has 0 saturated carbocycles. The highest BCUT2D eigenvalue weighted by molar-refractivity contribution is 5.60. The molecule has 0 radical (unpaired) electrons. The summed E-state index contributed by atoms with van der Waals surface area (Å²) in [7, 11) is 0. The normalized spacial score (nSPS) is 12.7. The predicted octanol–water partition coefficient (Wildman–Crippen LogP) is 4.06. The van der Waals surface area contributed by atoms with Gasteiger partial charge in [-0.2, -0.15) is 5.10 Å². The molecule has 6 heteroatoms. The maximum Gasteiger partial charge on any atom is 0.333 e. The molecule has 1 atom stereocenters. The predicted molar refractivity (Wildman–Crippen MR) is 81.2 cm³/mol. The van der Waals surface area contributed by atoms with Crippen molar-refractivity contribution in [1.82, 2.24) is 9.78 Å². The minimum Gasteiger partial charge on any atom is -0.362 e. The van der Waals surface area contributed by atoms with Gasteiger partial charge in [0.2, 0.25) is 5.82 Å². The van der Waals surface area contributed by atoms with Gasteiger partial charge in [0.1, 0.15) is 5.69 Å². The molecular formula is C14H26N4O2. The SMILES string of the molecule is CCCCCC(C)Nc1c([N+](=O)[O-])c(C)nn1C(C)C. The second kappa shape index (κ2) is 7.26. The second-order valence-corrected chi connectivity index (χ2v) is 5.62. The zero-order chi connectivity index (χ0) is 15.3. The molecule has 0 saturated heterocycles. The quantitative estimate of drug-likeness (QED) is 0.443. The van der Waals surface area contributed by atoms with E-state index in [9.17, 15) is 10.1 Å². The van der Waals surface area contributed by atoms with Gasteiger partial charge in [-0.25, -0.2) is 4.68 Å². The molecule has 20 heavy (non-hydrogen) atoms. The van der Waals surface area contributed by atoms with E-state index in [1.54, 1.807) is 11.6 Å². The highest BCUT2D eigenvalue weighted by Crippen LogP contribution is 2.31. The van der Waals surface area contributed by atoms with Crippen molar-refractivity contribution in [2.75, 3.05) is 5.32 Å². The Balaban J connectivity index is 2.93. The number of aryl methyl sites for hydroxylation is 1. The van der Waals surface area contributed by atoms with Crippen LogP contribution in [0.2, 0.25) is 0 Å². The molecule has 1 unspecified atom stereocenters. The maximum absolute atomic E-state index is 11.2. The molecule has 0 amide bonds. The first-order chi connectivity index (χ1) is 9.38. The number of aromatic nitrogens is 2. The summed E-state index contributed by atoms with van der Waals surface area (Å²) < 4.78 is 1.71. The van der Waals surface area contributed by atoms with Crippen LogP contribution in [-0.4, -0.2) is 20.7 Å². The van der Waals surface area contributed by atoms with E-state index in [0.717, 1.165) is 12.8 Å². The summed E-state index contributed by atoms with van der Waals surface area (Å²) in [5, 5.41) is 18.8. The number of rotatable bonds is 8. The fourth-order valence-corrected chi connectivity index (χ4v) is 2.27. The largest absolute Gasteiger partial charge is 0.362 e. The smallest absolute Gasteiger partial charge is 0.333 e. The molecule has 6 nitrogen and oxygen atoms in total. The van der Waals surface area contributed by atoms with E-state index in [1.165, 1.54) is 12.8 Å². The van der Waals surface area contributed by atoms with Gasteiger partial charge in [0.25, 0.3) is 0 Å². The molecule has 1 rings (SSSR count). The zero-order valence-corrected chi connectivity index (χ0v) is 13.1. The number of hydrogen-bond acceptors (Lipinski definition) is 4. The fraction of sp³-hybridized carbons (Fsp3) is 0.786. The molecule has 0 bridgehead atoms. The molecule has 0 aliphatic carbocycles. The number of nitrogens with zero attached hydrogens (tertiary/aromatic N) is 3. The Labute approximate surface area is 120 Å². The summed E-state index contributed by atoms with van der Waals surface area (Å²) in [6.07, 6.45) is 4.51. The van der Waals surface area contributed by atoms with Gasteiger partial charge in [-0.1, -0.05) is 26.2 Å². The standard InChI is InChI=1S/C14H26N4O2/c1-6-7-8-9-11(4)15-14-13(18(19)20)12(5)16-17(14)10(2)3/h10-11,15H,6-9H2,1-5H3. The molecule has 0 fully saturated rings. The van der Waals surface area contributed by atoms with Crippen LogP contribution in [0.5, 0.6) is 0 Å². The summed E-state index contributed by atoms with van der Waals surface area (Å²) in [6.45, 7) is 9.86. The van der Waals surface area contributed by atoms with Crippen LogP contribution in [0.4, 0.5) is 11.5 Å². The first kappa shape index (κ1) is 16.5. The highest BCUT2D eigenvalue weighted by atomic mass is 16.6. The van der Waals surface area contributed by atoms with Gasteiger partial charge in [-0.3, -0.25) is 10.1 Å². The van der Waals surface area contributed by atoms with E-state index < -0.39 is 0 Å². The van der Waals surface area contributed by atoms with Crippen molar-refractivity contribution in [2.45, 2.75) is 72.4 Å². The lowest BCUT2D eigenvalue weighted by molar-refractivity contribution is -0.384. The van der Waals surface area contributed by atoms with E-state index in [-0.39, 0.29) is 22.7 Å². The summed E-state index contributed by atoms with van der Waals surface area (Å²) in [5.74, 6) is 0.534. The van der Waals surface area contributed by atoms with Gasteiger partial charge in [-0.15, -0.1) is 0 Å². The van der Waals surface area contributed by atoms with E-state index >= 15 is 0 Å². The molecule has 0 spiro atoms. The molecule has 1 aromatic heterocycles. The third-order valence-corrected chi connectivity index (χ3v) is 3.35. The first-order valence-electron chi connectivity index (χ1n) is 7.38. The van der Waals surface area contributed by atoms with Crippen molar-refractivity contribution in [3.8, 4) is 0 Å². The molecule has 1 aromatic rings. The minimum absolute atomic E-state index is 0.0905. The van der Waals surface area contributed by atoms with Crippen molar-refractivity contribution in [3.05, 3.63) is 15.8 Å². The number of hydrogen-bond donors (Lipinski definition) is 1. The van der Waals surface area contributed by atoms with Gasteiger partial charge in [-0.05, 0) is 34.1 Å². The summed E-state index contributed by atoms with van der Waals surface area (Å²) in [5.41, 5.74) is 0.563. The van der Waals surface area contributed by atoms with E-state index in [2.05, 4.69) is 24.3 Å². The maximum atomic E-state index is 11.2. The van der Waals surface area contributed by atoms with Crippen molar-refractivity contribution in [1.29, 1.82) is 0 Å². The molecular weight excluding hydrogens is 256 g/mol. The van der Waals surface area contributed by atoms with Gasteiger partial charge in [0, 0.05) is 12.1 Å². The Morgan fingerprint density at radius 2 is 2.00 bits per heavy atom. The average molecular weight is 282 g/mol. The monoisotopic (exact) mass is 282 g/mol. The lowest BCUT2D eigenvalue weighted by Crippen LogP contribution is -2.19. The van der Waals surface area contributed by atoms with Crippen LogP contribution in [-0.2, 0) is 0 Å². The van der Waals surface area contributed by atoms with Gasteiger partial charge < -0.3 is 5.32 Å². The lowest BCUT2D eigenvalue weighted by Gasteiger charge is -2.17. The average Bonchev–Trinajstić information content (AvgIpc) is 2.66. The van der Waals surface area contributed by atoms with Crippen LogP contribution in [0.1, 0.15) is 65.1 Å². The van der Waals surface area contributed by atoms with Crippen LogP contribution < -0.4 is 5.32 Å². The first-order valence-corrected chi connectivity index (χ1v) is 7.38. The zero-order valence-electron chi connectivity index (χ0n) is 13.1. The van der Waals surface area contributed by atoms with E-state index in [1.807, 2.05) is 13.8 Å². The van der Waals surface area contributed by atoms with Crippen LogP contribution in [0.25, 0.3) is 0 Å². The molecule has 0 aliphatic rings. The van der Waals surface area contributed by atoms with Crippen LogP contribution >= 0.6 is 0 Å². The van der Waals surface area contributed by atoms with Crippen molar-refractivity contribution in [2.24, 2.45) is 0 Å². The Hall–Kier alpha value is -1.59. The van der Waals surface area contributed by atoms with Gasteiger partial charge in [0.15, 0.2) is 0 Å². The highest BCUT2D eigenvalue weighted by Gasteiger charge is 2.27. The van der Waals surface area contributed by atoms with Crippen molar-refractivity contribution >= 4 is 11.5 Å². The van der Waals surface area contributed by atoms with Crippen LogP contribution in [0.3, 0.4) is 0 Å². The Bertz CT molecular complexity index is 454. The van der Waals surface area contributed by atoms with E-state index in [0.29, 0.717) is 11.5 Å². The fourth-order valence-electron chi connectivity index (χ4n) is 2.27. The van der Waals surface area contributed by atoms with E-state index in [4.69, 9.17) is 0 Å². The van der Waals surface area contributed by atoms with Crippen molar-refractivity contribution < 1.29 is 4.92 Å². The number of nitro groups is 1. The lowest BCUT2D eigenvalue weighted by atomic mass is 10.1. The van der Waals surface area contributed by atoms with Crippen LogP contribution in [0.15, 0.2) is 0 Å². The Morgan fingerprint density at radius 1 is 1.35 bits per heavy atom. The number of nitrogens with one attached hydrogen (secondary N) is 1. The molecule has 0 aliphatic heterocycles. The third kappa shape index (κ3) is 3.95. The summed E-state index contributed by atoms with van der Waals surface area (Å²) in [4.78, 5) is 10.9. The van der Waals surface area contributed by atoms with Gasteiger partial charge >= 0.3 is 5.69 Å². The minimum atomic E-state index is -0.345.